The minimum Gasteiger partial charge on any atom is -0.361 e. The molecule has 0 saturated carbocycles. The van der Waals surface area contributed by atoms with E-state index in [9.17, 15) is 8.42 Å². The van der Waals surface area contributed by atoms with E-state index in [1.807, 2.05) is 0 Å². The minimum absolute atomic E-state index is 0.100. The Bertz CT molecular complexity index is 418. The van der Waals surface area contributed by atoms with Crippen LogP contribution in [-0.2, 0) is 9.05 Å². The van der Waals surface area contributed by atoms with Gasteiger partial charge in [-0.15, -0.1) is 4.98 Å². The third-order valence-corrected chi connectivity index (χ3v) is 2.46. The van der Waals surface area contributed by atoms with Crippen molar-refractivity contribution in [3.63, 3.8) is 0 Å². The van der Waals surface area contributed by atoms with Crippen molar-refractivity contribution in [2.75, 3.05) is 0 Å². The zero-order chi connectivity index (χ0) is 9.19. The van der Waals surface area contributed by atoms with Crippen LogP contribution in [0.3, 0.4) is 0 Å². The van der Waals surface area contributed by atoms with Gasteiger partial charge in [-0.2, -0.15) is 0 Å². The van der Waals surface area contributed by atoms with Crippen molar-refractivity contribution in [2.24, 2.45) is 0 Å². The largest absolute Gasteiger partial charge is 0.361 e. The van der Waals surface area contributed by atoms with Crippen LogP contribution in [0.25, 0.3) is 4.85 Å². The quantitative estimate of drug-likeness (QED) is 0.513. The van der Waals surface area contributed by atoms with E-state index < -0.39 is 9.05 Å². The van der Waals surface area contributed by atoms with Crippen LogP contribution < -0.4 is 0 Å². The predicted molar refractivity (Wildman–Crippen MR) is 43.5 cm³/mol. The minimum atomic E-state index is -3.72. The maximum atomic E-state index is 10.7. The number of aromatic nitrogens is 1. The summed E-state index contributed by atoms with van der Waals surface area (Å²) >= 11 is 0. The average molecular weight is 203 g/mol. The zero-order valence-corrected chi connectivity index (χ0v) is 7.30. The van der Waals surface area contributed by atoms with E-state index in [1.54, 1.807) is 0 Å². The summed E-state index contributed by atoms with van der Waals surface area (Å²) in [5, 5.41) is 0. The van der Waals surface area contributed by atoms with Crippen LogP contribution in [0, 0.1) is 6.57 Å². The number of nitrogens with zero attached hydrogens (tertiary/aromatic N) is 2. The molecule has 1 aromatic rings. The Hall–Kier alpha value is -1.12. The molecule has 0 amide bonds. The first kappa shape index (κ1) is 8.97. The molecule has 0 fully saturated rings. The first-order valence-corrected chi connectivity index (χ1v) is 5.13. The summed E-state index contributed by atoms with van der Waals surface area (Å²) in [5.41, 5.74) is 0. The van der Waals surface area contributed by atoms with Crippen molar-refractivity contribution in [3.05, 3.63) is 29.7 Å². The molecule has 4 nitrogen and oxygen atoms in total. The molecule has 1 aromatic heterocycles. The van der Waals surface area contributed by atoms with E-state index >= 15 is 0 Å². The monoisotopic (exact) mass is 202 g/mol. The van der Waals surface area contributed by atoms with E-state index in [4.69, 9.17) is 17.3 Å². The van der Waals surface area contributed by atoms with Crippen molar-refractivity contribution in [1.29, 1.82) is 0 Å². The number of halogens is 1. The topological polar surface area (TPSA) is 51.4 Å². The van der Waals surface area contributed by atoms with Gasteiger partial charge in [-0.3, -0.25) is 0 Å². The Morgan fingerprint density at radius 2 is 2.17 bits per heavy atom. The molecular formula is C6H3ClN2O2S. The van der Waals surface area contributed by atoms with Gasteiger partial charge in [-0.25, -0.2) is 8.42 Å². The second-order valence-corrected chi connectivity index (χ2v) is 4.47. The van der Waals surface area contributed by atoms with E-state index in [1.165, 1.54) is 12.1 Å². The van der Waals surface area contributed by atoms with E-state index in [2.05, 4.69) is 9.83 Å². The molecule has 0 spiro atoms. The normalized spacial score (nSPS) is 10.7. The zero-order valence-electron chi connectivity index (χ0n) is 5.73. The van der Waals surface area contributed by atoms with Gasteiger partial charge in [0.25, 0.3) is 14.9 Å². The van der Waals surface area contributed by atoms with Crippen LogP contribution in [0.5, 0.6) is 0 Å². The molecule has 1 heterocycles. The molecule has 0 N–H and O–H groups in total. The lowest BCUT2D eigenvalue weighted by Gasteiger charge is -1.91. The van der Waals surface area contributed by atoms with Crippen LogP contribution in [0.4, 0.5) is 5.82 Å². The van der Waals surface area contributed by atoms with E-state index in [0.29, 0.717) is 0 Å². The smallest absolute Gasteiger partial charge is 0.269 e. The van der Waals surface area contributed by atoms with E-state index in [-0.39, 0.29) is 10.7 Å². The highest BCUT2D eigenvalue weighted by molar-refractivity contribution is 8.13. The van der Waals surface area contributed by atoms with Gasteiger partial charge in [0.1, 0.15) is 11.1 Å². The molecule has 0 radical (unpaired) electrons. The fraction of sp³-hybridized carbons (Fsp3) is 0. The first-order valence-electron chi connectivity index (χ1n) is 2.82. The first-order chi connectivity index (χ1) is 5.54. The molecule has 0 aliphatic rings. The molecule has 0 bridgehead atoms. The van der Waals surface area contributed by atoms with Crippen molar-refractivity contribution in [2.45, 2.75) is 4.90 Å². The summed E-state index contributed by atoms with van der Waals surface area (Å²) < 4.78 is 21.4. The molecule has 0 atom stereocenters. The average Bonchev–Trinajstić information content (AvgIpc) is 2.03. The van der Waals surface area contributed by atoms with Crippen LogP contribution in [-0.4, -0.2) is 13.4 Å². The summed E-state index contributed by atoms with van der Waals surface area (Å²) in [6.07, 6.45) is 1.05. The Morgan fingerprint density at radius 1 is 1.50 bits per heavy atom. The van der Waals surface area contributed by atoms with Crippen molar-refractivity contribution >= 4 is 25.6 Å². The molecule has 6 heteroatoms. The predicted octanol–water partition coefficient (Wildman–Crippen LogP) is 1.56. The van der Waals surface area contributed by atoms with Crippen molar-refractivity contribution in [1.82, 2.24) is 4.98 Å². The molecule has 1 rings (SSSR count). The maximum Gasteiger partial charge on any atom is 0.269 e. The lowest BCUT2D eigenvalue weighted by atomic mass is 10.5. The van der Waals surface area contributed by atoms with Gasteiger partial charge >= 0.3 is 0 Å². The van der Waals surface area contributed by atoms with Crippen LogP contribution in [0.1, 0.15) is 0 Å². The summed E-state index contributed by atoms with van der Waals surface area (Å²) in [7, 11) is 1.29. The molecule has 62 valence electrons. The molecule has 0 saturated heterocycles. The van der Waals surface area contributed by atoms with Crippen LogP contribution >= 0.6 is 10.7 Å². The van der Waals surface area contributed by atoms with Gasteiger partial charge in [-0.1, -0.05) is 6.57 Å². The fourth-order valence-corrected chi connectivity index (χ4v) is 1.27. The summed E-state index contributed by atoms with van der Waals surface area (Å²) in [6.45, 7) is 6.55. The fourth-order valence-electron chi connectivity index (χ4n) is 0.583. The van der Waals surface area contributed by atoms with Gasteiger partial charge in [0.05, 0.1) is 0 Å². The summed E-state index contributed by atoms with van der Waals surface area (Å²) in [5.74, 6) is 0.138. The van der Waals surface area contributed by atoms with Gasteiger partial charge in [0.2, 0.25) is 0 Å². The second-order valence-electron chi connectivity index (χ2n) is 1.90. The molecule has 0 aliphatic carbocycles. The SMILES string of the molecule is [C-]#[N+]c1ccc(S(=O)(=O)Cl)cn1. The van der Waals surface area contributed by atoms with Gasteiger partial charge in [0.15, 0.2) is 0 Å². The summed E-state index contributed by atoms with van der Waals surface area (Å²) in [4.78, 5) is 6.44. The lowest BCUT2D eigenvalue weighted by molar-refractivity contribution is 0.609. The number of rotatable bonds is 1. The van der Waals surface area contributed by atoms with E-state index in [0.717, 1.165) is 6.20 Å². The Labute approximate surface area is 74.1 Å². The van der Waals surface area contributed by atoms with Gasteiger partial charge in [0, 0.05) is 10.7 Å². The number of pyridine rings is 1. The van der Waals surface area contributed by atoms with Gasteiger partial charge in [-0.05, 0) is 12.1 Å². The molecule has 12 heavy (non-hydrogen) atoms. The second kappa shape index (κ2) is 3.09. The molecule has 0 unspecified atom stereocenters. The Morgan fingerprint density at radius 3 is 2.50 bits per heavy atom. The van der Waals surface area contributed by atoms with Crippen molar-refractivity contribution < 1.29 is 8.42 Å². The van der Waals surface area contributed by atoms with Crippen LogP contribution in [0.2, 0.25) is 0 Å². The molecule has 0 aromatic carbocycles. The lowest BCUT2D eigenvalue weighted by Crippen LogP contribution is -1.90. The Kier molecular flexibility index (Phi) is 2.31. The van der Waals surface area contributed by atoms with Crippen molar-refractivity contribution in [3.8, 4) is 0 Å². The van der Waals surface area contributed by atoms with Gasteiger partial charge < -0.3 is 4.85 Å². The standard InChI is InChI=1S/C6H3ClN2O2S/c1-8-6-3-2-5(4-9-6)12(7,10)11/h2-4H. The highest BCUT2D eigenvalue weighted by Crippen LogP contribution is 2.15. The summed E-state index contributed by atoms with van der Waals surface area (Å²) in [6, 6.07) is 2.53. The van der Waals surface area contributed by atoms with Crippen LogP contribution in [0.15, 0.2) is 23.2 Å². The number of hydrogen-bond donors (Lipinski definition) is 0. The molecule has 0 aliphatic heterocycles. The Balaban J connectivity index is 3.20. The third kappa shape index (κ3) is 1.94. The molecular weight excluding hydrogens is 200 g/mol. The number of hydrogen-bond acceptors (Lipinski definition) is 3. The maximum absolute atomic E-state index is 10.7. The highest BCUT2D eigenvalue weighted by Gasteiger charge is 2.10. The highest BCUT2D eigenvalue weighted by atomic mass is 35.7. The third-order valence-electron chi connectivity index (χ3n) is 1.12.